The van der Waals surface area contributed by atoms with Crippen molar-refractivity contribution in [2.75, 3.05) is 6.61 Å². The maximum absolute atomic E-state index is 13.7. The second kappa shape index (κ2) is 9.04. The summed E-state index contributed by atoms with van der Waals surface area (Å²) in [6.45, 7) is 9.62. The van der Waals surface area contributed by atoms with Gasteiger partial charge >= 0.3 is 6.09 Å². The minimum absolute atomic E-state index is 0.134. The van der Waals surface area contributed by atoms with Crippen LogP contribution in [0.1, 0.15) is 50.3 Å². The van der Waals surface area contributed by atoms with E-state index in [0.29, 0.717) is 6.42 Å². The van der Waals surface area contributed by atoms with Crippen molar-refractivity contribution in [2.45, 2.75) is 53.0 Å². The summed E-state index contributed by atoms with van der Waals surface area (Å²) in [7, 11) is 0. The molecule has 3 atom stereocenters. The standard InChI is InChI=1S/C26H31NO4/c1-17-10-9-13-20(14-17)23(26(3,4)5)22(18(2)28)24(29)27-21(16-31-25(27)30)15-19-11-7-6-8-12-19/h6-14,21-23H,15-16H2,1-5H3/t21-,22?,23+/m0/s1. The normalized spacial score (nSPS) is 18.4. The van der Waals surface area contributed by atoms with E-state index in [4.69, 9.17) is 4.74 Å². The van der Waals surface area contributed by atoms with E-state index in [9.17, 15) is 14.4 Å². The van der Waals surface area contributed by atoms with Gasteiger partial charge in [0.1, 0.15) is 18.3 Å². The van der Waals surface area contributed by atoms with Crippen molar-refractivity contribution >= 4 is 17.8 Å². The van der Waals surface area contributed by atoms with Crippen LogP contribution in [0.15, 0.2) is 54.6 Å². The molecule has 1 fully saturated rings. The molecule has 0 spiro atoms. The molecule has 1 heterocycles. The second-order valence-electron chi connectivity index (χ2n) is 9.47. The van der Waals surface area contributed by atoms with Gasteiger partial charge in [0.25, 0.3) is 0 Å². The molecular formula is C26H31NO4. The molecule has 0 aromatic heterocycles. The number of carbonyl (C=O) groups is 3. The highest BCUT2D eigenvalue weighted by molar-refractivity contribution is 6.06. The molecule has 164 valence electrons. The Morgan fingerprint density at radius 1 is 1.10 bits per heavy atom. The highest BCUT2D eigenvalue weighted by Crippen LogP contribution is 2.43. The number of aryl methyl sites for hydroxylation is 1. The van der Waals surface area contributed by atoms with E-state index < -0.39 is 24.0 Å². The summed E-state index contributed by atoms with van der Waals surface area (Å²) in [6, 6.07) is 17.1. The molecule has 1 saturated heterocycles. The summed E-state index contributed by atoms with van der Waals surface area (Å²) in [5.41, 5.74) is 2.62. The van der Waals surface area contributed by atoms with Crippen molar-refractivity contribution in [3.8, 4) is 0 Å². The Kier molecular flexibility index (Phi) is 6.63. The zero-order chi connectivity index (χ0) is 22.8. The van der Waals surface area contributed by atoms with Crippen molar-refractivity contribution in [2.24, 2.45) is 11.3 Å². The second-order valence-corrected chi connectivity index (χ2v) is 9.47. The van der Waals surface area contributed by atoms with Gasteiger partial charge in [0.15, 0.2) is 0 Å². The lowest BCUT2D eigenvalue weighted by Crippen LogP contribution is -2.48. The number of ketones is 1. The van der Waals surface area contributed by atoms with Gasteiger partial charge in [-0.1, -0.05) is 80.9 Å². The Morgan fingerprint density at radius 2 is 1.77 bits per heavy atom. The van der Waals surface area contributed by atoms with Gasteiger partial charge in [-0.15, -0.1) is 0 Å². The maximum Gasteiger partial charge on any atom is 0.417 e. The van der Waals surface area contributed by atoms with Crippen LogP contribution in [0.2, 0.25) is 0 Å². The van der Waals surface area contributed by atoms with Gasteiger partial charge < -0.3 is 4.74 Å². The van der Waals surface area contributed by atoms with Crippen LogP contribution >= 0.6 is 0 Å². The summed E-state index contributed by atoms with van der Waals surface area (Å²) in [5.74, 6) is -2.06. The molecule has 0 saturated carbocycles. The van der Waals surface area contributed by atoms with Crippen LogP contribution in [0.3, 0.4) is 0 Å². The SMILES string of the molecule is CC(=O)C(C(=O)N1C(=O)OC[C@@H]1Cc1ccccc1)[C@@H](c1cccc(C)c1)C(C)(C)C. The minimum atomic E-state index is -0.967. The molecule has 1 unspecified atom stereocenters. The van der Waals surface area contributed by atoms with Gasteiger partial charge in [0, 0.05) is 5.92 Å². The number of benzene rings is 2. The van der Waals surface area contributed by atoms with Gasteiger partial charge in [-0.3, -0.25) is 9.59 Å². The third-order valence-corrected chi connectivity index (χ3v) is 5.88. The van der Waals surface area contributed by atoms with Crippen LogP contribution in [0, 0.1) is 18.3 Å². The average molecular weight is 422 g/mol. The number of cyclic esters (lactones) is 1. The van der Waals surface area contributed by atoms with E-state index in [2.05, 4.69) is 0 Å². The average Bonchev–Trinajstić information content (AvgIpc) is 3.05. The molecule has 2 amide bonds. The number of rotatable bonds is 6. The lowest BCUT2D eigenvalue weighted by atomic mass is 9.67. The number of hydrogen-bond acceptors (Lipinski definition) is 4. The van der Waals surface area contributed by atoms with E-state index in [-0.39, 0.29) is 23.7 Å². The van der Waals surface area contributed by atoms with Crippen molar-refractivity contribution in [3.05, 3.63) is 71.3 Å². The predicted molar refractivity (Wildman–Crippen MR) is 120 cm³/mol. The number of nitrogens with zero attached hydrogens (tertiary/aromatic N) is 1. The van der Waals surface area contributed by atoms with Crippen LogP contribution in [0.4, 0.5) is 4.79 Å². The first kappa shape index (κ1) is 22.7. The van der Waals surface area contributed by atoms with E-state index in [1.165, 1.54) is 11.8 Å². The smallest absolute Gasteiger partial charge is 0.417 e. The Labute approximate surface area is 184 Å². The summed E-state index contributed by atoms with van der Waals surface area (Å²) in [5, 5.41) is 0. The topological polar surface area (TPSA) is 63.7 Å². The largest absolute Gasteiger partial charge is 0.447 e. The van der Waals surface area contributed by atoms with Gasteiger partial charge in [0.05, 0.1) is 6.04 Å². The lowest BCUT2D eigenvalue weighted by molar-refractivity contribution is -0.141. The lowest BCUT2D eigenvalue weighted by Gasteiger charge is -2.37. The molecule has 0 N–H and O–H groups in total. The molecule has 5 heteroatoms. The maximum atomic E-state index is 13.7. The van der Waals surface area contributed by atoms with Gasteiger partial charge in [-0.25, -0.2) is 9.69 Å². The Morgan fingerprint density at radius 3 is 2.35 bits per heavy atom. The Bertz CT molecular complexity index is 961. The number of ether oxygens (including phenoxy) is 1. The van der Waals surface area contributed by atoms with Crippen LogP contribution in [-0.2, 0) is 20.7 Å². The van der Waals surface area contributed by atoms with Gasteiger partial charge in [0.2, 0.25) is 5.91 Å². The van der Waals surface area contributed by atoms with Crippen LogP contribution < -0.4 is 0 Å². The summed E-state index contributed by atoms with van der Waals surface area (Å²) >= 11 is 0. The quantitative estimate of drug-likeness (QED) is 0.621. The predicted octanol–water partition coefficient (Wildman–Crippen LogP) is 4.92. The molecular weight excluding hydrogens is 390 g/mol. The van der Waals surface area contributed by atoms with Crippen molar-refractivity contribution in [3.63, 3.8) is 0 Å². The molecule has 2 aromatic rings. The minimum Gasteiger partial charge on any atom is -0.447 e. The molecule has 31 heavy (non-hydrogen) atoms. The van der Waals surface area contributed by atoms with Crippen molar-refractivity contribution < 1.29 is 19.1 Å². The van der Waals surface area contributed by atoms with E-state index in [0.717, 1.165) is 16.7 Å². The van der Waals surface area contributed by atoms with Crippen LogP contribution in [0.5, 0.6) is 0 Å². The number of imide groups is 1. The van der Waals surface area contributed by atoms with Crippen LogP contribution in [0.25, 0.3) is 0 Å². The van der Waals surface area contributed by atoms with E-state index in [1.807, 2.05) is 82.3 Å². The van der Waals surface area contributed by atoms with E-state index >= 15 is 0 Å². The zero-order valence-electron chi connectivity index (χ0n) is 18.9. The highest BCUT2D eigenvalue weighted by Gasteiger charge is 2.47. The molecule has 2 aromatic carbocycles. The molecule has 0 radical (unpaired) electrons. The third kappa shape index (κ3) is 5.04. The number of Topliss-reactive ketones (excluding diaryl/α,β-unsaturated/α-hetero) is 1. The molecule has 3 rings (SSSR count). The zero-order valence-corrected chi connectivity index (χ0v) is 18.9. The van der Waals surface area contributed by atoms with Crippen molar-refractivity contribution in [1.29, 1.82) is 0 Å². The number of carbonyl (C=O) groups excluding carboxylic acids is 3. The van der Waals surface area contributed by atoms with Crippen molar-refractivity contribution in [1.82, 2.24) is 4.90 Å². The molecule has 1 aliphatic heterocycles. The summed E-state index contributed by atoms with van der Waals surface area (Å²) < 4.78 is 5.25. The third-order valence-electron chi connectivity index (χ3n) is 5.88. The van der Waals surface area contributed by atoms with E-state index in [1.54, 1.807) is 0 Å². The van der Waals surface area contributed by atoms with Gasteiger partial charge in [-0.2, -0.15) is 0 Å². The molecule has 5 nitrogen and oxygen atoms in total. The first-order valence-electron chi connectivity index (χ1n) is 10.7. The molecule has 0 bridgehead atoms. The first-order valence-corrected chi connectivity index (χ1v) is 10.7. The summed E-state index contributed by atoms with van der Waals surface area (Å²) in [4.78, 5) is 40.4. The molecule has 1 aliphatic rings. The number of hydrogen-bond donors (Lipinski definition) is 0. The Hall–Kier alpha value is -2.95. The Balaban J connectivity index is 1.99. The first-order chi connectivity index (χ1) is 14.6. The highest BCUT2D eigenvalue weighted by atomic mass is 16.6. The van der Waals surface area contributed by atoms with Gasteiger partial charge in [-0.05, 0) is 36.8 Å². The fraction of sp³-hybridized carbons (Fsp3) is 0.423. The fourth-order valence-corrected chi connectivity index (χ4v) is 4.52. The monoisotopic (exact) mass is 421 g/mol. The molecule has 0 aliphatic carbocycles. The summed E-state index contributed by atoms with van der Waals surface area (Å²) in [6.07, 6.45) is -0.179. The number of amides is 2. The van der Waals surface area contributed by atoms with Crippen LogP contribution in [-0.4, -0.2) is 35.3 Å². The fourth-order valence-electron chi connectivity index (χ4n) is 4.52.